The molecule has 1 N–H and O–H groups in total. The van der Waals surface area contributed by atoms with Gasteiger partial charge in [-0.2, -0.15) is 0 Å². The van der Waals surface area contributed by atoms with Crippen molar-refractivity contribution in [2.75, 3.05) is 5.32 Å². The summed E-state index contributed by atoms with van der Waals surface area (Å²) in [5, 5.41) is 2.87. The number of hydrogen-bond acceptors (Lipinski definition) is 5. The first-order valence-corrected chi connectivity index (χ1v) is 8.94. The van der Waals surface area contributed by atoms with Crippen molar-refractivity contribution in [3.8, 4) is 11.5 Å². The van der Waals surface area contributed by atoms with Crippen molar-refractivity contribution in [2.24, 2.45) is 0 Å². The van der Waals surface area contributed by atoms with E-state index in [2.05, 4.69) is 10.3 Å². The van der Waals surface area contributed by atoms with Crippen LogP contribution in [-0.2, 0) is 16.0 Å². The average Bonchev–Trinajstić information content (AvgIpc) is 2.64. The van der Waals surface area contributed by atoms with Gasteiger partial charge in [0.1, 0.15) is 11.5 Å². The first kappa shape index (κ1) is 18.9. The summed E-state index contributed by atoms with van der Waals surface area (Å²) in [6.07, 6.45) is 4.44. The second-order valence-electron chi connectivity index (χ2n) is 7.13. The summed E-state index contributed by atoms with van der Waals surface area (Å²) in [4.78, 5) is 28.3. The summed E-state index contributed by atoms with van der Waals surface area (Å²) in [6.45, 7) is 8.93. The van der Waals surface area contributed by atoms with Crippen LogP contribution in [0, 0.1) is 20.8 Å². The molecule has 0 fully saturated rings. The lowest BCUT2D eigenvalue weighted by Gasteiger charge is -2.36. The van der Waals surface area contributed by atoms with Crippen molar-refractivity contribution in [3.63, 3.8) is 0 Å². The maximum atomic E-state index is 12.9. The molecule has 0 radical (unpaired) electrons. The molecule has 1 aromatic heterocycles. The molecule has 0 aliphatic carbocycles. The monoisotopic (exact) mass is 368 g/mol. The Bertz CT molecular complexity index is 908. The van der Waals surface area contributed by atoms with Gasteiger partial charge in [0.05, 0.1) is 11.9 Å². The molecule has 6 nitrogen and oxygen atoms in total. The third-order valence-corrected chi connectivity index (χ3v) is 5.14. The smallest absolute Gasteiger partial charge is 0.308 e. The number of anilines is 1. The number of ether oxygens (including phenoxy) is 2. The van der Waals surface area contributed by atoms with Crippen LogP contribution in [0.5, 0.6) is 11.5 Å². The van der Waals surface area contributed by atoms with Crippen LogP contribution in [0.15, 0.2) is 24.5 Å². The van der Waals surface area contributed by atoms with Crippen LogP contribution >= 0.6 is 0 Å². The molecule has 2 heterocycles. The number of carbonyl (C=O) groups excluding carboxylic acids is 2. The number of aromatic nitrogens is 1. The third kappa shape index (κ3) is 3.52. The zero-order valence-corrected chi connectivity index (χ0v) is 16.3. The second-order valence-corrected chi connectivity index (χ2v) is 7.13. The number of amides is 1. The van der Waals surface area contributed by atoms with Gasteiger partial charge in [-0.15, -0.1) is 0 Å². The highest BCUT2D eigenvalue weighted by atomic mass is 16.5. The summed E-state index contributed by atoms with van der Waals surface area (Å²) in [5.41, 5.74) is 3.24. The lowest BCUT2D eigenvalue weighted by atomic mass is 9.86. The van der Waals surface area contributed by atoms with Gasteiger partial charge in [0.25, 0.3) is 5.91 Å². The molecule has 0 saturated heterocycles. The molecule has 1 atom stereocenters. The van der Waals surface area contributed by atoms with E-state index in [4.69, 9.17) is 9.47 Å². The van der Waals surface area contributed by atoms with Crippen LogP contribution < -0.4 is 14.8 Å². The molecular formula is C21H24N2O4. The van der Waals surface area contributed by atoms with Crippen LogP contribution in [0.1, 0.15) is 42.5 Å². The van der Waals surface area contributed by atoms with Crippen LogP contribution in [0.2, 0.25) is 0 Å². The van der Waals surface area contributed by atoms with Crippen LogP contribution in [-0.4, -0.2) is 22.5 Å². The Kier molecular flexibility index (Phi) is 4.91. The Morgan fingerprint density at radius 3 is 2.59 bits per heavy atom. The molecular weight excluding hydrogens is 344 g/mol. The van der Waals surface area contributed by atoms with Crippen LogP contribution in [0.3, 0.4) is 0 Å². The molecule has 1 aliphatic heterocycles. The van der Waals surface area contributed by atoms with Gasteiger partial charge in [0.2, 0.25) is 0 Å². The van der Waals surface area contributed by atoms with Crippen molar-refractivity contribution in [1.82, 2.24) is 4.98 Å². The minimum atomic E-state index is -0.991. The fourth-order valence-corrected chi connectivity index (χ4v) is 3.39. The average molecular weight is 368 g/mol. The summed E-state index contributed by atoms with van der Waals surface area (Å²) >= 11 is 0. The standard InChI is InChI=1S/C21H24N2O4/c1-12-13(2)19-17(14(3)18(12)26-15(4)24)8-9-21(5,27-19)20(25)23-16-7-6-10-22-11-16/h6-7,10-11H,8-9H2,1-5H3,(H,23,25). The quantitative estimate of drug-likeness (QED) is 0.661. The lowest BCUT2D eigenvalue weighted by Crippen LogP contribution is -2.48. The topological polar surface area (TPSA) is 77.5 Å². The van der Waals surface area contributed by atoms with E-state index in [0.717, 1.165) is 22.3 Å². The lowest BCUT2D eigenvalue weighted by molar-refractivity contribution is -0.132. The highest BCUT2D eigenvalue weighted by Gasteiger charge is 2.41. The second kappa shape index (κ2) is 7.02. The zero-order valence-electron chi connectivity index (χ0n) is 16.3. The highest BCUT2D eigenvalue weighted by molar-refractivity contribution is 5.97. The molecule has 27 heavy (non-hydrogen) atoms. The number of fused-ring (bicyclic) bond motifs is 1. The number of nitrogens with zero attached hydrogens (tertiary/aromatic N) is 1. The van der Waals surface area contributed by atoms with Crippen LogP contribution in [0.25, 0.3) is 0 Å². The summed E-state index contributed by atoms with van der Waals surface area (Å²) in [7, 11) is 0. The molecule has 1 unspecified atom stereocenters. The van der Waals surface area contributed by atoms with Crippen molar-refractivity contribution >= 4 is 17.6 Å². The number of carbonyl (C=O) groups is 2. The number of nitrogens with one attached hydrogen (secondary N) is 1. The number of hydrogen-bond donors (Lipinski definition) is 1. The number of benzene rings is 1. The first-order chi connectivity index (χ1) is 12.7. The van der Waals surface area contributed by atoms with Crippen molar-refractivity contribution < 1.29 is 19.1 Å². The Hall–Kier alpha value is -2.89. The molecule has 3 rings (SSSR count). The van der Waals surface area contributed by atoms with E-state index in [9.17, 15) is 9.59 Å². The molecule has 0 spiro atoms. The van der Waals surface area contributed by atoms with Gasteiger partial charge in [-0.05, 0) is 62.9 Å². The molecule has 1 aliphatic rings. The normalized spacial score (nSPS) is 18.3. The van der Waals surface area contributed by atoms with Crippen molar-refractivity contribution in [1.29, 1.82) is 0 Å². The fraction of sp³-hybridized carbons (Fsp3) is 0.381. The Morgan fingerprint density at radius 1 is 1.22 bits per heavy atom. The van der Waals surface area contributed by atoms with Crippen LogP contribution in [0.4, 0.5) is 5.69 Å². The van der Waals surface area contributed by atoms with Gasteiger partial charge in [-0.1, -0.05) is 0 Å². The molecule has 2 aromatic rings. The van der Waals surface area contributed by atoms with Gasteiger partial charge >= 0.3 is 5.97 Å². The first-order valence-electron chi connectivity index (χ1n) is 8.94. The SMILES string of the molecule is CC(=O)Oc1c(C)c(C)c2c(c1C)CCC(C)(C(=O)Nc1cccnc1)O2. The van der Waals surface area contributed by atoms with E-state index in [-0.39, 0.29) is 11.9 Å². The molecule has 142 valence electrons. The molecule has 6 heteroatoms. The van der Waals surface area contributed by atoms with E-state index in [1.165, 1.54) is 6.92 Å². The highest BCUT2D eigenvalue weighted by Crippen LogP contribution is 2.44. The summed E-state index contributed by atoms with van der Waals surface area (Å²) in [5.74, 6) is 0.736. The predicted octanol–water partition coefficient (Wildman–Crippen LogP) is 3.65. The largest absolute Gasteiger partial charge is 0.477 e. The van der Waals surface area contributed by atoms with Gasteiger partial charge in [0.15, 0.2) is 5.60 Å². The number of esters is 1. The number of pyridine rings is 1. The van der Waals surface area contributed by atoms with Gasteiger partial charge in [-0.3, -0.25) is 14.6 Å². The fourth-order valence-electron chi connectivity index (χ4n) is 3.39. The van der Waals surface area contributed by atoms with E-state index in [1.54, 1.807) is 31.5 Å². The predicted molar refractivity (Wildman–Crippen MR) is 102 cm³/mol. The van der Waals surface area contributed by atoms with Crippen molar-refractivity contribution in [2.45, 2.75) is 53.1 Å². The van der Waals surface area contributed by atoms with Gasteiger partial charge < -0.3 is 14.8 Å². The maximum Gasteiger partial charge on any atom is 0.308 e. The third-order valence-electron chi connectivity index (χ3n) is 5.14. The maximum absolute atomic E-state index is 12.9. The van der Waals surface area contributed by atoms with E-state index in [1.807, 2.05) is 20.8 Å². The van der Waals surface area contributed by atoms with Crippen molar-refractivity contribution in [3.05, 3.63) is 46.8 Å². The number of rotatable bonds is 3. The molecule has 1 aromatic carbocycles. The van der Waals surface area contributed by atoms with Gasteiger partial charge in [0, 0.05) is 25.1 Å². The summed E-state index contributed by atoms with van der Waals surface area (Å²) in [6, 6.07) is 3.55. The molecule has 0 saturated carbocycles. The molecule has 1 amide bonds. The Labute approximate surface area is 158 Å². The minimum absolute atomic E-state index is 0.208. The minimum Gasteiger partial charge on any atom is -0.477 e. The van der Waals surface area contributed by atoms with E-state index >= 15 is 0 Å². The van der Waals surface area contributed by atoms with E-state index in [0.29, 0.717) is 30.0 Å². The molecule has 0 bridgehead atoms. The van der Waals surface area contributed by atoms with E-state index < -0.39 is 5.60 Å². The Morgan fingerprint density at radius 2 is 1.96 bits per heavy atom. The summed E-state index contributed by atoms with van der Waals surface area (Å²) < 4.78 is 11.7. The Balaban J connectivity index is 1.93. The van der Waals surface area contributed by atoms with Gasteiger partial charge in [-0.25, -0.2) is 0 Å². The zero-order chi connectivity index (χ0) is 19.8.